The van der Waals surface area contributed by atoms with Crippen LogP contribution in [0.3, 0.4) is 0 Å². The molecule has 1 N–H and O–H groups in total. The van der Waals surface area contributed by atoms with Gasteiger partial charge in [0.1, 0.15) is 0 Å². The minimum atomic E-state index is 0.0227. The van der Waals surface area contributed by atoms with Crippen molar-refractivity contribution in [1.82, 2.24) is 0 Å². The van der Waals surface area contributed by atoms with E-state index in [2.05, 4.69) is 6.92 Å². The molecule has 0 aromatic rings. The first-order chi connectivity index (χ1) is 7.74. The van der Waals surface area contributed by atoms with Crippen LogP contribution in [0.2, 0.25) is 0 Å². The largest absolute Gasteiger partial charge is 0.396 e. The summed E-state index contributed by atoms with van der Waals surface area (Å²) < 4.78 is 11.4. The van der Waals surface area contributed by atoms with Crippen molar-refractivity contribution < 1.29 is 14.6 Å². The van der Waals surface area contributed by atoms with E-state index in [1.165, 1.54) is 0 Å². The van der Waals surface area contributed by atoms with E-state index in [1.54, 1.807) is 0 Å². The molecule has 16 heavy (non-hydrogen) atoms. The Morgan fingerprint density at radius 1 is 1.50 bits per heavy atom. The van der Waals surface area contributed by atoms with Crippen LogP contribution in [0.15, 0.2) is 0 Å². The molecule has 2 heterocycles. The molecule has 0 aromatic heterocycles. The minimum Gasteiger partial charge on any atom is -0.396 e. The molecule has 2 aliphatic heterocycles. The summed E-state index contributed by atoms with van der Waals surface area (Å²) in [4.78, 5) is 0. The Morgan fingerprint density at radius 3 is 3.06 bits per heavy atom. The number of hydrogen-bond donors (Lipinski definition) is 1. The molecule has 3 nitrogen and oxygen atoms in total. The van der Waals surface area contributed by atoms with Crippen LogP contribution in [0, 0.1) is 0 Å². The van der Waals surface area contributed by atoms with E-state index in [1.807, 2.05) is 11.8 Å². The number of aliphatic hydroxyl groups excluding tert-OH is 1. The molecule has 94 valence electrons. The Kier molecular flexibility index (Phi) is 4.53. The highest BCUT2D eigenvalue weighted by Crippen LogP contribution is 2.39. The molecule has 2 rings (SSSR count). The lowest BCUT2D eigenvalue weighted by Gasteiger charge is -2.37. The van der Waals surface area contributed by atoms with Gasteiger partial charge in [0.15, 0.2) is 0 Å². The third-order valence-corrected chi connectivity index (χ3v) is 4.96. The molecule has 0 aliphatic carbocycles. The van der Waals surface area contributed by atoms with E-state index in [4.69, 9.17) is 14.6 Å². The second-order valence-corrected chi connectivity index (χ2v) is 6.65. The molecular weight excluding hydrogens is 224 g/mol. The number of rotatable bonds is 4. The van der Waals surface area contributed by atoms with Gasteiger partial charge in [0, 0.05) is 36.7 Å². The van der Waals surface area contributed by atoms with Crippen molar-refractivity contribution >= 4 is 11.8 Å². The smallest absolute Gasteiger partial charge is 0.0947 e. The maximum absolute atomic E-state index is 8.91. The predicted molar refractivity (Wildman–Crippen MR) is 65.9 cm³/mol. The Morgan fingerprint density at radius 2 is 2.38 bits per heavy atom. The van der Waals surface area contributed by atoms with Crippen molar-refractivity contribution in [2.75, 3.05) is 26.4 Å². The minimum absolute atomic E-state index is 0.0227. The van der Waals surface area contributed by atoms with Gasteiger partial charge in [-0.1, -0.05) is 6.92 Å². The molecule has 3 atom stereocenters. The summed E-state index contributed by atoms with van der Waals surface area (Å²) >= 11 is 2.01. The van der Waals surface area contributed by atoms with E-state index in [-0.39, 0.29) is 5.60 Å². The first-order valence-corrected chi connectivity index (χ1v) is 7.16. The number of hydrogen-bond acceptors (Lipinski definition) is 4. The average Bonchev–Trinajstić information content (AvgIpc) is 2.66. The normalized spacial score (nSPS) is 36.8. The lowest BCUT2D eigenvalue weighted by molar-refractivity contribution is -0.0770. The van der Waals surface area contributed by atoms with Crippen LogP contribution >= 0.6 is 11.8 Å². The van der Waals surface area contributed by atoms with Gasteiger partial charge < -0.3 is 14.6 Å². The standard InChI is InChI=1S/C12H22O3S/c1-10(2-5-13)16-11-3-6-15-12(8-11)4-7-14-9-12/h10-11,13H,2-9H2,1H3. The topological polar surface area (TPSA) is 38.7 Å². The predicted octanol–water partition coefficient (Wildman–Crippen LogP) is 1.83. The lowest BCUT2D eigenvalue weighted by Crippen LogP contribution is -2.41. The van der Waals surface area contributed by atoms with Crippen LogP contribution in [0.4, 0.5) is 0 Å². The third-order valence-electron chi connectivity index (χ3n) is 3.48. The Balaban J connectivity index is 1.82. The Bertz CT molecular complexity index is 216. The van der Waals surface area contributed by atoms with Gasteiger partial charge in [0.05, 0.1) is 12.2 Å². The fourth-order valence-electron chi connectivity index (χ4n) is 2.54. The summed E-state index contributed by atoms with van der Waals surface area (Å²) in [6.45, 7) is 4.99. The van der Waals surface area contributed by atoms with Crippen molar-refractivity contribution in [3.63, 3.8) is 0 Å². The molecule has 0 radical (unpaired) electrons. The summed E-state index contributed by atoms with van der Waals surface area (Å²) in [5.74, 6) is 0. The van der Waals surface area contributed by atoms with Gasteiger partial charge in [-0.05, 0) is 19.3 Å². The Labute approximate surface area is 102 Å². The van der Waals surface area contributed by atoms with Gasteiger partial charge in [-0.25, -0.2) is 0 Å². The van der Waals surface area contributed by atoms with Gasteiger partial charge in [0.2, 0.25) is 0 Å². The monoisotopic (exact) mass is 246 g/mol. The summed E-state index contributed by atoms with van der Waals surface area (Å²) in [6, 6.07) is 0. The highest BCUT2D eigenvalue weighted by molar-refractivity contribution is 8.00. The summed E-state index contributed by atoms with van der Waals surface area (Å²) in [5.41, 5.74) is 0.0227. The Hall–Kier alpha value is 0.230. The molecule has 0 amide bonds. The van der Waals surface area contributed by atoms with Crippen LogP contribution in [0.25, 0.3) is 0 Å². The first-order valence-electron chi connectivity index (χ1n) is 6.22. The molecule has 0 bridgehead atoms. The second kappa shape index (κ2) is 5.71. The zero-order chi connectivity index (χ0) is 11.4. The zero-order valence-corrected chi connectivity index (χ0v) is 10.8. The van der Waals surface area contributed by atoms with Crippen molar-refractivity contribution in [2.45, 2.75) is 48.7 Å². The fraction of sp³-hybridized carbons (Fsp3) is 1.00. The summed E-state index contributed by atoms with van der Waals surface area (Å²) in [6.07, 6.45) is 4.21. The molecule has 4 heteroatoms. The number of aliphatic hydroxyl groups is 1. The number of ether oxygens (including phenoxy) is 2. The molecule has 0 aromatic carbocycles. The molecule has 0 saturated carbocycles. The van der Waals surface area contributed by atoms with Gasteiger partial charge in [-0.3, -0.25) is 0 Å². The first kappa shape index (κ1) is 12.7. The average molecular weight is 246 g/mol. The van der Waals surface area contributed by atoms with Crippen molar-refractivity contribution in [2.24, 2.45) is 0 Å². The second-order valence-electron chi connectivity index (χ2n) is 4.91. The molecular formula is C12H22O3S. The maximum atomic E-state index is 8.91. The maximum Gasteiger partial charge on any atom is 0.0947 e. The van der Waals surface area contributed by atoms with E-state index in [9.17, 15) is 0 Å². The quantitative estimate of drug-likeness (QED) is 0.821. The highest BCUT2D eigenvalue weighted by Gasteiger charge is 2.41. The molecule has 2 fully saturated rings. The van der Waals surface area contributed by atoms with Gasteiger partial charge in [-0.15, -0.1) is 0 Å². The molecule has 2 aliphatic rings. The number of thioether (sulfide) groups is 1. The van der Waals surface area contributed by atoms with Crippen molar-refractivity contribution in [3.8, 4) is 0 Å². The van der Waals surface area contributed by atoms with Crippen molar-refractivity contribution in [1.29, 1.82) is 0 Å². The van der Waals surface area contributed by atoms with E-state index in [0.29, 0.717) is 17.1 Å². The summed E-state index contributed by atoms with van der Waals surface area (Å²) in [5, 5.41) is 10.1. The van der Waals surface area contributed by atoms with Crippen molar-refractivity contribution in [3.05, 3.63) is 0 Å². The molecule has 1 spiro atoms. The van der Waals surface area contributed by atoms with Gasteiger partial charge in [-0.2, -0.15) is 11.8 Å². The van der Waals surface area contributed by atoms with E-state index in [0.717, 1.165) is 45.5 Å². The fourth-order valence-corrected chi connectivity index (χ4v) is 4.07. The lowest BCUT2D eigenvalue weighted by atomic mass is 9.93. The third kappa shape index (κ3) is 3.13. The van der Waals surface area contributed by atoms with Crippen LogP contribution < -0.4 is 0 Å². The molecule has 2 saturated heterocycles. The van der Waals surface area contributed by atoms with Crippen LogP contribution in [-0.4, -0.2) is 47.6 Å². The van der Waals surface area contributed by atoms with Crippen LogP contribution in [0.1, 0.15) is 32.6 Å². The summed E-state index contributed by atoms with van der Waals surface area (Å²) in [7, 11) is 0. The van der Waals surface area contributed by atoms with Crippen LogP contribution in [-0.2, 0) is 9.47 Å². The van der Waals surface area contributed by atoms with Gasteiger partial charge in [0.25, 0.3) is 0 Å². The van der Waals surface area contributed by atoms with E-state index >= 15 is 0 Å². The van der Waals surface area contributed by atoms with E-state index < -0.39 is 0 Å². The SMILES string of the molecule is CC(CCO)SC1CCOC2(CCOC2)C1. The molecule has 3 unspecified atom stereocenters. The van der Waals surface area contributed by atoms with Gasteiger partial charge >= 0.3 is 0 Å². The zero-order valence-electron chi connectivity index (χ0n) is 9.98. The van der Waals surface area contributed by atoms with Crippen LogP contribution in [0.5, 0.6) is 0 Å². The highest BCUT2D eigenvalue weighted by atomic mass is 32.2.